The molecule has 1 heterocycles. The molecule has 2 aromatic rings. The standard InChI is InChI=1S/C17H17NO2/c19-14-11-17(7-4-8-17)10-13-16(14)15(20-18-13)9-12-5-2-1-3-6-12/h1-3,5-6H,4,7-11H2. The van der Waals surface area contributed by atoms with Crippen molar-refractivity contribution >= 4 is 5.78 Å². The minimum absolute atomic E-state index is 0.213. The molecular formula is C17H17NO2. The number of aromatic nitrogens is 1. The average Bonchev–Trinajstić information content (AvgIpc) is 2.81. The van der Waals surface area contributed by atoms with Crippen LogP contribution in [0.1, 0.15) is 53.1 Å². The summed E-state index contributed by atoms with van der Waals surface area (Å²) in [5, 5.41) is 4.18. The van der Waals surface area contributed by atoms with Gasteiger partial charge in [-0.3, -0.25) is 4.79 Å². The summed E-state index contributed by atoms with van der Waals surface area (Å²) in [7, 11) is 0. The van der Waals surface area contributed by atoms with Crippen molar-refractivity contribution in [2.24, 2.45) is 5.41 Å². The molecule has 3 nitrogen and oxygen atoms in total. The van der Waals surface area contributed by atoms with Gasteiger partial charge < -0.3 is 4.52 Å². The molecule has 2 aliphatic carbocycles. The van der Waals surface area contributed by atoms with Gasteiger partial charge in [-0.1, -0.05) is 41.9 Å². The topological polar surface area (TPSA) is 43.1 Å². The van der Waals surface area contributed by atoms with Gasteiger partial charge in [-0.05, 0) is 30.2 Å². The monoisotopic (exact) mass is 267 g/mol. The van der Waals surface area contributed by atoms with Gasteiger partial charge in [0.25, 0.3) is 0 Å². The summed E-state index contributed by atoms with van der Waals surface area (Å²) in [6.45, 7) is 0. The zero-order chi connectivity index (χ0) is 13.6. The Morgan fingerprint density at radius 3 is 2.65 bits per heavy atom. The Balaban J connectivity index is 1.66. The van der Waals surface area contributed by atoms with E-state index in [2.05, 4.69) is 17.3 Å². The zero-order valence-corrected chi connectivity index (χ0v) is 11.4. The quantitative estimate of drug-likeness (QED) is 0.835. The predicted molar refractivity (Wildman–Crippen MR) is 74.7 cm³/mol. The highest BCUT2D eigenvalue weighted by atomic mass is 16.5. The Kier molecular flexibility index (Phi) is 2.56. The van der Waals surface area contributed by atoms with E-state index in [4.69, 9.17) is 4.52 Å². The molecule has 0 unspecified atom stereocenters. The molecule has 0 aliphatic heterocycles. The molecule has 0 bridgehead atoms. The van der Waals surface area contributed by atoms with Crippen molar-refractivity contribution in [1.82, 2.24) is 5.16 Å². The Hall–Kier alpha value is -1.90. The van der Waals surface area contributed by atoms with Gasteiger partial charge in [-0.2, -0.15) is 0 Å². The molecule has 1 aromatic carbocycles. The van der Waals surface area contributed by atoms with Crippen LogP contribution in [-0.4, -0.2) is 10.9 Å². The Labute approximate surface area is 118 Å². The highest BCUT2D eigenvalue weighted by molar-refractivity contribution is 5.99. The third-order valence-corrected chi connectivity index (χ3v) is 4.81. The lowest BCUT2D eigenvalue weighted by atomic mass is 9.60. The number of nitrogens with zero attached hydrogens (tertiary/aromatic N) is 1. The predicted octanol–water partition coefficient (Wildman–Crippen LogP) is 3.56. The summed E-state index contributed by atoms with van der Waals surface area (Å²) in [6.07, 6.45) is 5.84. The third kappa shape index (κ3) is 1.80. The molecule has 1 saturated carbocycles. The van der Waals surface area contributed by atoms with Crippen molar-refractivity contribution in [1.29, 1.82) is 0 Å². The maximum atomic E-state index is 12.5. The van der Waals surface area contributed by atoms with Crippen LogP contribution in [-0.2, 0) is 12.8 Å². The second-order valence-corrected chi connectivity index (χ2v) is 6.22. The van der Waals surface area contributed by atoms with Crippen LogP contribution >= 0.6 is 0 Å². The molecule has 0 atom stereocenters. The highest BCUT2D eigenvalue weighted by Crippen LogP contribution is 2.50. The van der Waals surface area contributed by atoms with E-state index in [-0.39, 0.29) is 11.2 Å². The van der Waals surface area contributed by atoms with Crippen molar-refractivity contribution < 1.29 is 9.32 Å². The van der Waals surface area contributed by atoms with Gasteiger partial charge in [-0.15, -0.1) is 0 Å². The SMILES string of the molecule is O=C1CC2(CCC2)Cc2noc(Cc3ccccc3)c21. The number of carbonyl (C=O) groups is 1. The number of ketones is 1. The van der Waals surface area contributed by atoms with Gasteiger partial charge in [-0.25, -0.2) is 0 Å². The van der Waals surface area contributed by atoms with Crippen molar-refractivity contribution in [2.45, 2.75) is 38.5 Å². The average molecular weight is 267 g/mol. The third-order valence-electron chi connectivity index (χ3n) is 4.81. The fraction of sp³-hybridized carbons (Fsp3) is 0.412. The van der Waals surface area contributed by atoms with Crippen LogP contribution in [0.5, 0.6) is 0 Å². The first-order valence-electron chi connectivity index (χ1n) is 7.30. The summed E-state index contributed by atoms with van der Waals surface area (Å²) in [6, 6.07) is 10.1. The molecule has 0 saturated heterocycles. The lowest BCUT2D eigenvalue weighted by Crippen LogP contribution is -2.38. The molecule has 4 rings (SSSR count). The van der Waals surface area contributed by atoms with Gasteiger partial charge in [0, 0.05) is 12.8 Å². The number of hydrogen-bond donors (Lipinski definition) is 0. The van der Waals surface area contributed by atoms with E-state index < -0.39 is 0 Å². The van der Waals surface area contributed by atoms with E-state index >= 15 is 0 Å². The minimum atomic E-state index is 0.213. The Morgan fingerprint density at radius 1 is 1.15 bits per heavy atom. The van der Waals surface area contributed by atoms with Crippen LogP contribution in [0.4, 0.5) is 0 Å². The summed E-state index contributed by atoms with van der Waals surface area (Å²) in [5.41, 5.74) is 3.03. The Bertz CT molecular complexity index is 653. The van der Waals surface area contributed by atoms with Crippen LogP contribution in [0.2, 0.25) is 0 Å². The van der Waals surface area contributed by atoms with Gasteiger partial charge in [0.2, 0.25) is 0 Å². The molecule has 1 fully saturated rings. The van der Waals surface area contributed by atoms with Gasteiger partial charge in [0.1, 0.15) is 0 Å². The molecule has 2 aliphatic rings. The van der Waals surface area contributed by atoms with E-state index in [1.807, 2.05) is 18.2 Å². The summed E-state index contributed by atoms with van der Waals surface area (Å²) < 4.78 is 5.48. The minimum Gasteiger partial charge on any atom is -0.360 e. The molecule has 0 N–H and O–H groups in total. The smallest absolute Gasteiger partial charge is 0.168 e. The fourth-order valence-corrected chi connectivity index (χ4v) is 3.58. The van der Waals surface area contributed by atoms with E-state index in [1.165, 1.54) is 19.3 Å². The van der Waals surface area contributed by atoms with E-state index in [0.717, 1.165) is 29.0 Å². The van der Waals surface area contributed by atoms with Crippen molar-refractivity contribution in [2.75, 3.05) is 0 Å². The first-order chi connectivity index (χ1) is 9.76. The van der Waals surface area contributed by atoms with E-state index in [1.54, 1.807) is 0 Å². The summed E-state index contributed by atoms with van der Waals surface area (Å²) in [5.74, 6) is 0.975. The normalized spacial score (nSPS) is 19.7. The van der Waals surface area contributed by atoms with Gasteiger partial charge in [0.05, 0.1) is 11.3 Å². The summed E-state index contributed by atoms with van der Waals surface area (Å²) >= 11 is 0. The van der Waals surface area contributed by atoms with Crippen LogP contribution in [0, 0.1) is 5.41 Å². The molecule has 0 radical (unpaired) electrons. The molecular weight excluding hydrogens is 250 g/mol. The number of carbonyl (C=O) groups excluding carboxylic acids is 1. The van der Waals surface area contributed by atoms with E-state index in [9.17, 15) is 4.79 Å². The fourth-order valence-electron chi connectivity index (χ4n) is 3.58. The number of hydrogen-bond acceptors (Lipinski definition) is 3. The lowest BCUT2D eigenvalue weighted by Gasteiger charge is -2.43. The highest BCUT2D eigenvalue weighted by Gasteiger charge is 2.45. The van der Waals surface area contributed by atoms with Crippen molar-refractivity contribution in [3.63, 3.8) is 0 Å². The van der Waals surface area contributed by atoms with Crippen LogP contribution in [0.3, 0.4) is 0 Å². The van der Waals surface area contributed by atoms with E-state index in [0.29, 0.717) is 12.8 Å². The van der Waals surface area contributed by atoms with Crippen LogP contribution in [0.25, 0.3) is 0 Å². The van der Waals surface area contributed by atoms with Crippen LogP contribution < -0.4 is 0 Å². The van der Waals surface area contributed by atoms with Crippen LogP contribution in [0.15, 0.2) is 34.9 Å². The number of benzene rings is 1. The zero-order valence-electron chi connectivity index (χ0n) is 11.4. The van der Waals surface area contributed by atoms with Crippen molar-refractivity contribution in [3.8, 4) is 0 Å². The second-order valence-electron chi connectivity index (χ2n) is 6.22. The molecule has 0 amide bonds. The molecule has 1 aromatic heterocycles. The Morgan fingerprint density at radius 2 is 1.95 bits per heavy atom. The number of rotatable bonds is 2. The second kappa shape index (κ2) is 4.30. The first kappa shape index (κ1) is 11.9. The van der Waals surface area contributed by atoms with Gasteiger partial charge in [0.15, 0.2) is 11.5 Å². The molecule has 1 spiro atoms. The number of Topliss-reactive ketones (excluding diaryl/α,β-unsaturated/α-hetero) is 1. The molecule has 3 heteroatoms. The largest absolute Gasteiger partial charge is 0.360 e. The lowest BCUT2D eigenvalue weighted by molar-refractivity contribution is 0.0706. The molecule has 20 heavy (non-hydrogen) atoms. The maximum absolute atomic E-state index is 12.5. The van der Waals surface area contributed by atoms with Crippen molar-refractivity contribution in [3.05, 3.63) is 52.9 Å². The first-order valence-corrected chi connectivity index (χ1v) is 7.30. The molecule has 102 valence electrons. The number of fused-ring (bicyclic) bond motifs is 1. The van der Waals surface area contributed by atoms with Gasteiger partial charge >= 0.3 is 0 Å². The maximum Gasteiger partial charge on any atom is 0.168 e. The summed E-state index contributed by atoms with van der Waals surface area (Å²) in [4.78, 5) is 12.5.